The van der Waals surface area contributed by atoms with Crippen molar-refractivity contribution >= 4 is 21.6 Å². The molecule has 1 atom stereocenters. The molecule has 3 rings (SSSR count). The number of hydrogen-bond donors (Lipinski definition) is 1. The highest BCUT2D eigenvalue weighted by atomic mass is 32.2. The van der Waals surface area contributed by atoms with Crippen molar-refractivity contribution in [1.29, 1.82) is 0 Å². The number of carbonyl (C=O) groups excluding carboxylic acids is 1. The van der Waals surface area contributed by atoms with Gasteiger partial charge in [0.2, 0.25) is 10.0 Å². The smallest absolute Gasteiger partial charge is 0.272 e. The van der Waals surface area contributed by atoms with Crippen LogP contribution in [0.1, 0.15) is 41.5 Å². The fourth-order valence-corrected chi connectivity index (χ4v) is 5.98. The average molecular weight is 408 g/mol. The molecule has 28 heavy (non-hydrogen) atoms. The molecule has 0 radical (unpaired) electrons. The maximum atomic E-state index is 13.4. The minimum Gasteiger partial charge on any atom is -0.342 e. The molecule has 1 unspecified atom stereocenters. The van der Waals surface area contributed by atoms with E-state index in [0.717, 1.165) is 12.8 Å². The second-order valence-electron chi connectivity index (χ2n) is 7.52. The van der Waals surface area contributed by atoms with Crippen LogP contribution in [0.15, 0.2) is 29.2 Å². The van der Waals surface area contributed by atoms with E-state index in [0.29, 0.717) is 36.0 Å². The summed E-state index contributed by atoms with van der Waals surface area (Å²) in [4.78, 5) is 13.0. The van der Waals surface area contributed by atoms with Crippen LogP contribution in [0, 0.1) is 25.6 Å². The van der Waals surface area contributed by atoms with E-state index >= 15 is 0 Å². The summed E-state index contributed by atoms with van der Waals surface area (Å²) in [7, 11) is -2.03. The molecule has 1 aliphatic heterocycles. The Balaban J connectivity index is 1.98. The number of hydrogen-bond acceptors (Lipinski definition) is 3. The second-order valence-corrected chi connectivity index (χ2v) is 9.40. The number of halogens is 1. The summed E-state index contributed by atoms with van der Waals surface area (Å²) in [5.74, 6) is -0.620. The predicted molar refractivity (Wildman–Crippen MR) is 106 cm³/mol. The van der Waals surface area contributed by atoms with Crippen molar-refractivity contribution in [3.05, 3.63) is 47.0 Å². The Labute approximate surface area is 165 Å². The van der Waals surface area contributed by atoms with Crippen LogP contribution in [0.5, 0.6) is 0 Å². The third kappa shape index (κ3) is 3.71. The lowest BCUT2D eigenvalue weighted by Gasteiger charge is -2.30. The van der Waals surface area contributed by atoms with Gasteiger partial charge in [-0.3, -0.25) is 4.79 Å². The fourth-order valence-electron chi connectivity index (χ4n) is 3.90. The number of nitrogens with one attached hydrogen (secondary N) is 1. The molecular weight excluding hydrogens is 381 g/mol. The van der Waals surface area contributed by atoms with Crippen LogP contribution in [-0.2, 0) is 17.1 Å². The third-order valence-electron chi connectivity index (χ3n) is 5.38. The number of carbonyl (C=O) groups is 1. The maximum absolute atomic E-state index is 13.4. The molecule has 0 bridgehead atoms. The molecule has 152 valence electrons. The second kappa shape index (κ2) is 7.67. The lowest BCUT2D eigenvalue weighted by atomic mass is 10.0. The van der Waals surface area contributed by atoms with Gasteiger partial charge in [-0.05, 0) is 50.8 Å². The van der Waals surface area contributed by atoms with E-state index in [-0.39, 0.29) is 10.6 Å². The Morgan fingerprint density at radius 1 is 1.29 bits per heavy atom. The van der Waals surface area contributed by atoms with Crippen molar-refractivity contribution in [2.45, 2.75) is 38.5 Å². The number of rotatable bonds is 4. The van der Waals surface area contributed by atoms with Crippen LogP contribution < -0.4 is 5.32 Å². The van der Waals surface area contributed by atoms with E-state index in [1.165, 1.54) is 22.5 Å². The van der Waals surface area contributed by atoms with Gasteiger partial charge in [0.25, 0.3) is 5.91 Å². The third-order valence-corrected chi connectivity index (χ3v) is 7.51. The van der Waals surface area contributed by atoms with Crippen LogP contribution in [0.25, 0.3) is 0 Å². The van der Waals surface area contributed by atoms with E-state index in [4.69, 9.17) is 0 Å². The molecule has 6 nitrogen and oxygen atoms in total. The van der Waals surface area contributed by atoms with Crippen LogP contribution in [0.2, 0.25) is 0 Å². The van der Waals surface area contributed by atoms with Gasteiger partial charge in [0.15, 0.2) is 0 Å². The Morgan fingerprint density at radius 2 is 2.00 bits per heavy atom. The van der Waals surface area contributed by atoms with Crippen molar-refractivity contribution in [1.82, 2.24) is 8.87 Å². The molecule has 1 N–H and O–H groups in total. The molecule has 0 spiro atoms. The van der Waals surface area contributed by atoms with Gasteiger partial charge in [0, 0.05) is 37.1 Å². The molecule has 1 fully saturated rings. The Kier molecular flexibility index (Phi) is 5.63. The summed E-state index contributed by atoms with van der Waals surface area (Å²) in [5, 5.41) is 2.65. The molecule has 8 heteroatoms. The number of anilines is 1. The lowest BCUT2D eigenvalue weighted by Crippen LogP contribution is -2.39. The number of piperidine rings is 1. The molecule has 2 aromatic rings. The molecular formula is C20H26FN3O3S. The first-order valence-corrected chi connectivity index (χ1v) is 10.8. The first-order valence-electron chi connectivity index (χ1n) is 9.36. The van der Waals surface area contributed by atoms with Crippen molar-refractivity contribution in [2.75, 3.05) is 18.4 Å². The summed E-state index contributed by atoms with van der Waals surface area (Å²) in [5.41, 5.74) is 1.50. The van der Waals surface area contributed by atoms with Crippen LogP contribution in [0.4, 0.5) is 10.1 Å². The minimum absolute atomic E-state index is 0.188. The van der Waals surface area contributed by atoms with Gasteiger partial charge < -0.3 is 9.88 Å². The van der Waals surface area contributed by atoms with Gasteiger partial charge in [-0.1, -0.05) is 13.0 Å². The van der Waals surface area contributed by atoms with Crippen molar-refractivity contribution in [3.63, 3.8) is 0 Å². The topological polar surface area (TPSA) is 71.4 Å². The van der Waals surface area contributed by atoms with E-state index in [2.05, 4.69) is 5.32 Å². The molecule has 2 heterocycles. The largest absolute Gasteiger partial charge is 0.342 e. The van der Waals surface area contributed by atoms with Crippen LogP contribution in [-0.4, -0.2) is 36.3 Å². The summed E-state index contributed by atoms with van der Waals surface area (Å²) < 4.78 is 43.1. The highest BCUT2D eigenvalue weighted by Gasteiger charge is 2.35. The van der Waals surface area contributed by atoms with E-state index < -0.39 is 21.7 Å². The van der Waals surface area contributed by atoms with Gasteiger partial charge in [0.1, 0.15) is 16.4 Å². The average Bonchev–Trinajstić information content (AvgIpc) is 2.84. The molecule has 1 amide bonds. The lowest BCUT2D eigenvalue weighted by molar-refractivity contribution is 0.101. The van der Waals surface area contributed by atoms with Crippen molar-refractivity contribution in [2.24, 2.45) is 13.0 Å². The van der Waals surface area contributed by atoms with Crippen LogP contribution in [0.3, 0.4) is 0 Å². The number of aromatic nitrogens is 1. The first kappa shape index (κ1) is 20.5. The van der Waals surface area contributed by atoms with Gasteiger partial charge in [-0.2, -0.15) is 4.31 Å². The van der Waals surface area contributed by atoms with Crippen molar-refractivity contribution in [3.8, 4) is 0 Å². The van der Waals surface area contributed by atoms with Gasteiger partial charge in [-0.15, -0.1) is 0 Å². The maximum Gasteiger partial charge on any atom is 0.272 e. The number of sulfonamides is 1. The van der Waals surface area contributed by atoms with Crippen molar-refractivity contribution < 1.29 is 17.6 Å². The van der Waals surface area contributed by atoms with Crippen LogP contribution >= 0.6 is 0 Å². The van der Waals surface area contributed by atoms with E-state index in [1.54, 1.807) is 31.5 Å². The molecule has 1 aliphatic rings. The summed E-state index contributed by atoms with van der Waals surface area (Å²) in [6.45, 7) is 6.37. The summed E-state index contributed by atoms with van der Waals surface area (Å²) >= 11 is 0. The standard InChI is InChI=1S/C20H26FN3O3S/c1-13-7-6-10-24(12-13)28(26,27)19-14(2)18(23(4)15(19)3)20(25)22-17-9-5-8-16(21)11-17/h5,8-9,11,13H,6-7,10,12H2,1-4H3,(H,22,25). The van der Waals surface area contributed by atoms with E-state index in [1.807, 2.05) is 6.92 Å². The Morgan fingerprint density at radius 3 is 2.64 bits per heavy atom. The first-order chi connectivity index (χ1) is 13.1. The Hall–Kier alpha value is -2.19. The highest BCUT2D eigenvalue weighted by Crippen LogP contribution is 2.31. The number of benzene rings is 1. The van der Waals surface area contributed by atoms with E-state index in [9.17, 15) is 17.6 Å². The Bertz CT molecular complexity index is 1010. The summed E-state index contributed by atoms with van der Waals surface area (Å²) in [6, 6.07) is 5.59. The zero-order chi connectivity index (χ0) is 20.6. The normalized spacial score (nSPS) is 18.2. The number of nitrogens with zero attached hydrogens (tertiary/aromatic N) is 2. The fraction of sp³-hybridized carbons (Fsp3) is 0.450. The monoisotopic (exact) mass is 407 g/mol. The molecule has 1 aromatic carbocycles. The van der Waals surface area contributed by atoms with Gasteiger partial charge in [0.05, 0.1) is 0 Å². The van der Waals surface area contributed by atoms with Gasteiger partial charge in [-0.25, -0.2) is 12.8 Å². The highest BCUT2D eigenvalue weighted by molar-refractivity contribution is 7.89. The minimum atomic E-state index is -3.70. The molecule has 0 saturated carbocycles. The zero-order valence-electron chi connectivity index (χ0n) is 16.6. The summed E-state index contributed by atoms with van der Waals surface area (Å²) in [6.07, 6.45) is 1.85. The zero-order valence-corrected chi connectivity index (χ0v) is 17.4. The molecule has 1 aromatic heterocycles. The number of amides is 1. The predicted octanol–water partition coefficient (Wildman–Crippen LogP) is 3.45. The van der Waals surface area contributed by atoms with Gasteiger partial charge >= 0.3 is 0 Å². The molecule has 1 saturated heterocycles. The molecule has 0 aliphatic carbocycles. The SMILES string of the molecule is Cc1c(S(=O)(=O)N2CCCC(C)C2)c(C)n(C)c1C(=O)Nc1cccc(F)c1. The quantitative estimate of drug-likeness (QED) is 0.844.